The zero-order valence-electron chi connectivity index (χ0n) is 11.0. The molecule has 0 radical (unpaired) electrons. The molecule has 4 heteroatoms. The van der Waals surface area contributed by atoms with E-state index >= 15 is 0 Å². The van der Waals surface area contributed by atoms with Crippen LogP contribution in [0.25, 0.3) is 10.9 Å². The van der Waals surface area contributed by atoms with Crippen LogP contribution in [-0.4, -0.2) is 29.6 Å². The quantitative estimate of drug-likeness (QED) is 0.874. The van der Waals surface area contributed by atoms with Gasteiger partial charge in [-0.25, -0.2) is 9.97 Å². The molecular weight excluding hydrogens is 224 g/mol. The Balaban J connectivity index is 2.31. The summed E-state index contributed by atoms with van der Waals surface area (Å²) in [5.41, 5.74) is 6.64. The first kappa shape index (κ1) is 12.8. The van der Waals surface area contributed by atoms with Gasteiger partial charge in [0.05, 0.1) is 5.52 Å². The van der Waals surface area contributed by atoms with Gasteiger partial charge in [-0.3, -0.25) is 0 Å². The zero-order chi connectivity index (χ0) is 13.0. The Morgan fingerprint density at radius 3 is 2.78 bits per heavy atom. The van der Waals surface area contributed by atoms with Gasteiger partial charge in [-0.2, -0.15) is 0 Å². The predicted molar refractivity (Wildman–Crippen MR) is 75.6 cm³/mol. The molecule has 0 spiro atoms. The lowest BCUT2D eigenvalue weighted by atomic mass is 10.2. The van der Waals surface area contributed by atoms with Crippen molar-refractivity contribution < 1.29 is 0 Å². The van der Waals surface area contributed by atoms with Crippen molar-refractivity contribution in [2.75, 3.05) is 24.5 Å². The van der Waals surface area contributed by atoms with Crippen molar-refractivity contribution >= 4 is 16.9 Å². The summed E-state index contributed by atoms with van der Waals surface area (Å²) >= 11 is 0. The highest BCUT2D eigenvalue weighted by Crippen LogP contribution is 2.15. The zero-order valence-corrected chi connectivity index (χ0v) is 11.0. The number of aromatic nitrogens is 2. The molecule has 0 aliphatic rings. The number of hydrogen-bond donors (Lipinski definition) is 1. The molecule has 0 bridgehead atoms. The Morgan fingerprint density at radius 1 is 1.28 bits per heavy atom. The molecule has 1 aromatic carbocycles. The lowest BCUT2D eigenvalue weighted by molar-refractivity contribution is 0.603. The summed E-state index contributed by atoms with van der Waals surface area (Å²) in [6.07, 6.45) is 1.88. The normalized spacial score (nSPS) is 11.1. The predicted octanol–water partition coefficient (Wildman–Crippen LogP) is 2.05. The number of nitrogens with two attached hydrogens (primary N) is 1. The molecule has 1 aromatic heterocycles. The topological polar surface area (TPSA) is 55.0 Å². The van der Waals surface area contributed by atoms with E-state index in [4.69, 9.17) is 5.73 Å². The third-order valence-electron chi connectivity index (χ3n) is 2.74. The summed E-state index contributed by atoms with van der Waals surface area (Å²) in [6, 6.07) is 8.03. The van der Waals surface area contributed by atoms with Crippen molar-refractivity contribution in [1.29, 1.82) is 0 Å². The van der Waals surface area contributed by atoms with E-state index < -0.39 is 0 Å². The number of rotatable bonds is 5. The van der Waals surface area contributed by atoms with Gasteiger partial charge in [-0.05, 0) is 12.0 Å². The second kappa shape index (κ2) is 5.78. The van der Waals surface area contributed by atoms with Crippen molar-refractivity contribution in [2.45, 2.75) is 13.8 Å². The Kier molecular flexibility index (Phi) is 4.10. The van der Waals surface area contributed by atoms with E-state index in [1.807, 2.05) is 30.5 Å². The summed E-state index contributed by atoms with van der Waals surface area (Å²) in [7, 11) is 0. The first-order valence-electron chi connectivity index (χ1n) is 6.37. The van der Waals surface area contributed by atoms with Crippen molar-refractivity contribution in [3.8, 4) is 0 Å². The SMILES string of the molecule is CC(C)CN(CCN)c1ncc2ccccc2n1. The standard InChI is InChI=1S/C14H20N4/c1-11(2)10-18(8-7-15)14-16-9-12-5-3-4-6-13(12)17-14/h3-6,9,11H,7-8,10,15H2,1-2H3. The van der Waals surface area contributed by atoms with Gasteiger partial charge in [0.25, 0.3) is 0 Å². The smallest absolute Gasteiger partial charge is 0.225 e. The van der Waals surface area contributed by atoms with Crippen LogP contribution in [0.15, 0.2) is 30.5 Å². The fourth-order valence-corrected chi connectivity index (χ4v) is 1.98. The minimum atomic E-state index is 0.562. The second-order valence-corrected chi connectivity index (χ2v) is 4.86. The van der Waals surface area contributed by atoms with Crippen LogP contribution in [0.1, 0.15) is 13.8 Å². The van der Waals surface area contributed by atoms with E-state index in [0.29, 0.717) is 12.5 Å². The number of fused-ring (bicyclic) bond motifs is 1. The van der Waals surface area contributed by atoms with E-state index in [9.17, 15) is 0 Å². The van der Waals surface area contributed by atoms with Gasteiger partial charge in [0, 0.05) is 31.2 Å². The summed E-state index contributed by atoms with van der Waals surface area (Å²) in [6.45, 7) is 6.70. The molecule has 0 aliphatic carbocycles. The van der Waals surface area contributed by atoms with E-state index in [1.165, 1.54) is 0 Å². The van der Waals surface area contributed by atoms with Crippen LogP contribution in [0.2, 0.25) is 0 Å². The molecule has 0 saturated heterocycles. The summed E-state index contributed by atoms with van der Waals surface area (Å²) in [4.78, 5) is 11.2. The fourth-order valence-electron chi connectivity index (χ4n) is 1.98. The van der Waals surface area contributed by atoms with Gasteiger partial charge in [-0.1, -0.05) is 32.0 Å². The van der Waals surface area contributed by atoms with Gasteiger partial charge in [-0.15, -0.1) is 0 Å². The number of nitrogens with zero attached hydrogens (tertiary/aromatic N) is 3. The average molecular weight is 244 g/mol. The largest absolute Gasteiger partial charge is 0.339 e. The Hall–Kier alpha value is -1.68. The molecule has 4 nitrogen and oxygen atoms in total. The number of para-hydroxylation sites is 1. The van der Waals surface area contributed by atoms with Crippen LogP contribution in [0, 0.1) is 5.92 Å². The molecular formula is C14H20N4. The molecule has 2 rings (SSSR count). The van der Waals surface area contributed by atoms with E-state index in [0.717, 1.165) is 29.9 Å². The van der Waals surface area contributed by atoms with Gasteiger partial charge >= 0.3 is 0 Å². The van der Waals surface area contributed by atoms with Crippen molar-refractivity contribution in [3.05, 3.63) is 30.5 Å². The second-order valence-electron chi connectivity index (χ2n) is 4.86. The van der Waals surface area contributed by atoms with Crippen LogP contribution in [-0.2, 0) is 0 Å². The molecule has 0 amide bonds. The van der Waals surface area contributed by atoms with Crippen LogP contribution in [0.5, 0.6) is 0 Å². The molecule has 2 aromatic rings. The first-order chi connectivity index (χ1) is 8.70. The highest BCUT2D eigenvalue weighted by molar-refractivity contribution is 5.78. The van der Waals surface area contributed by atoms with E-state index in [-0.39, 0.29) is 0 Å². The maximum Gasteiger partial charge on any atom is 0.225 e. The molecule has 96 valence electrons. The van der Waals surface area contributed by atoms with E-state index in [1.54, 1.807) is 0 Å². The number of anilines is 1. The maximum atomic E-state index is 5.66. The van der Waals surface area contributed by atoms with Crippen LogP contribution in [0.4, 0.5) is 5.95 Å². The van der Waals surface area contributed by atoms with Crippen molar-refractivity contribution in [3.63, 3.8) is 0 Å². The highest BCUT2D eigenvalue weighted by Gasteiger charge is 2.11. The Morgan fingerprint density at radius 2 is 2.06 bits per heavy atom. The highest BCUT2D eigenvalue weighted by atomic mass is 15.2. The molecule has 0 saturated carbocycles. The lowest BCUT2D eigenvalue weighted by Crippen LogP contribution is -2.34. The van der Waals surface area contributed by atoms with Crippen LogP contribution < -0.4 is 10.6 Å². The Labute approximate surface area is 108 Å². The molecule has 2 N–H and O–H groups in total. The lowest BCUT2D eigenvalue weighted by Gasteiger charge is -2.23. The van der Waals surface area contributed by atoms with Gasteiger partial charge in [0.15, 0.2) is 0 Å². The Bertz CT molecular complexity index is 510. The average Bonchev–Trinajstić information content (AvgIpc) is 2.37. The summed E-state index contributed by atoms with van der Waals surface area (Å²) < 4.78 is 0. The van der Waals surface area contributed by atoms with Crippen LogP contribution >= 0.6 is 0 Å². The monoisotopic (exact) mass is 244 g/mol. The minimum absolute atomic E-state index is 0.562. The maximum absolute atomic E-state index is 5.66. The third kappa shape index (κ3) is 2.96. The molecule has 18 heavy (non-hydrogen) atoms. The van der Waals surface area contributed by atoms with E-state index in [2.05, 4.69) is 28.7 Å². The number of hydrogen-bond acceptors (Lipinski definition) is 4. The first-order valence-corrected chi connectivity index (χ1v) is 6.37. The minimum Gasteiger partial charge on any atom is -0.339 e. The fraction of sp³-hybridized carbons (Fsp3) is 0.429. The molecule has 1 heterocycles. The van der Waals surface area contributed by atoms with Crippen LogP contribution in [0.3, 0.4) is 0 Å². The van der Waals surface area contributed by atoms with Crippen molar-refractivity contribution in [1.82, 2.24) is 9.97 Å². The molecule has 0 unspecified atom stereocenters. The number of benzene rings is 1. The van der Waals surface area contributed by atoms with Crippen molar-refractivity contribution in [2.24, 2.45) is 11.7 Å². The molecule has 0 atom stereocenters. The molecule has 0 fully saturated rings. The summed E-state index contributed by atoms with van der Waals surface area (Å²) in [5.74, 6) is 1.33. The van der Waals surface area contributed by atoms with Gasteiger partial charge in [0.1, 0.15) is 0 Å². The third-order valence-corrected chi connectivity index (χ3v) is 2.74. The van der Waals surface area contributed by atoms with Gasteiger partial charge in [0.2, 0.25) is 5.95 Å². The van der Waals surface area contributed by atoms with Gasteiger partial charge < -0.3 is 10.6 Å². The summed E-state index contributed by atoms with van der Waals surface area (Å²) in [5, 5.41) is 1.07. The molecule has 0 aliphatic heterocycles.